The Morgan fingerprint density at radius 2 is 1.83 bits per heavy atom. The van der Waals surface area contributed by atoms with Gasteiger partial charge in [-0.1, -0.05) is 34.1 Å². The molecule has 2 saturated heterocycles. The molecule has 2 aliphatic rings. The molecule has 2 aliphatic heterocycles. The Labute approximate surface area is 142 Å². The van der Waals surface area contributed by atoms with E-state index in [2.05, 4.69) is 5.32 Å². The Bertz CT molecular complexity index is 440. The van der Waals surface area contributed by atoms with Crippen LogP contribution in [0.3, 0.4) is 0 Å². The predicted molar refractivity (Wildman–Crippen MR) is 86.2 cm³/mol. The maximum atomic E-state index is 13.1. The first-order valence-electron chi connectivity index (χ1n) is 8.90. The zero-order chi connectivity index (χ0) is 18.5. The van der Waals surface area contributed by atoms with E-state index in [1.54, 1.807) is 6.92 Å². The number of piperidine rings is 1. The average Bonchev–Trinajstić information content (AvgIpc) is 2.74. The van der Waals surface area contributed by atoms with Crippen LogP contribution in [0.15, 0.2) is 0 Å². The van der Waals surface area contributed by atoms with Gasteiger partial charge in [-0.15, -0.1) is 0 Å². The maximum Gasteiger partial charge on any atom is 0.393 e. The highest BCUT2D eigenvalue weighted by atomic mass is 19.4. The molecule has 0 aromatic rings. The largest absolute Gasteiger partial charge is 0.393 e. The third-order valence-corrected chi connectivity index (χ3v) is 4.90. The first-order chi connectivity index (χ1) is 11.3. The van der Waals surface area contributed by atoms with Crippen molar-refractivity contribution in [3.8, 4) is 0 Å². The topological polar surface area (TPSA) is 49.4 Å². The van der Waals surface area contributed by atoms with Gasteiger partial charge in [0.15, 0.2) is 0 Å². The summed E-state index contributed by atoms with van der Waals surface area (Å²) in [6.07, 6.45) is -2.59. The average molecular weight is 350 g/mol. The van der Waals surface area contributed by atoms with Gasteiger partial charge in [-0.3, -0.25) is 14.5 Å². The molecule has 4 atom stereocenters. The van der Waals surface area contributed by atoms with Crippen LogP contribution < -0.4 is 5.32 Å². The first-order valence-corrected chi connectivity index (χ1v) is 8.90. The molecule has 4 unspecified atom stereocenters. The van der Waals surface area contributed by atoms with Gasteiger partial charge in [0.25, 0.3) is 0 Å². The van der Waals surface area contributed by atoms with Crippen LogP contribution >= 0.6 is 0 Å². The minimum atomic E-state index is -4.31. The van der Waals surface area contributed by atoms with Gasteiger partial charge < -0.3 is 5.32 Å². The van der Waals surface area contributed by atoms with Crippen LogP contribution in [0.4, 0.5) is 13.2 Å². The van der Waals surface area contributed by atoms with E-state index in [-0.39, 0.29) is 30.8 Å². The molecule has 0 radical (unpaired) electrons. The summed E-state index contributed by atoms with van der Waals surface area (Å²) in [6, 6.07) is 0. The summed E-state index contributed by atoms with van der Waals surface area (Å²) in [5, 5.41) is 2.75. The lowest BCUT2D eigenvalue weighted by molar-refractivity contribution is -0.194. The summed E-state index contributed by atoms with van der Waals surface area (Å²) in [4.78, 5) is 25.7. The predicted octanol–water partition coefficient (Wildman–Crippen LogP) is 3.22. The van der Waals surface area contributed by atoms with Crippen LogP contribution in [-0.4, -0.2) is 42.5 Å². The molecule has 0 saturated carbocycles. The fourth-order valence-electron chi connectivity index (χ4n) is 3.55. The highest BCUT2D eigenvalue weighted by Gasteiger charge is 2.50. The second-order valence-corrected chi connectivity index (χ2v) is 6.37. The van der Waals surface area contributed by atoms with Crippen molar-refractivity contribution in [3.05, 3.63) is 0 Å². The number of carbonyl (C=O) groups is 2. The monoisotopic (exact) mass is 350 g/mol. The molecule has 2 amide bonds. The number of nitrogens with one attached hydrogen (secondary N) is 1. The van der Waals surface area contributed by atoms with E-state index in [0.717, 1.165) is 11.3 Å². The number of hydrogen-bond donors (Lipinski definition) is 1. The van der Waals surface area contributed by atoms with Gasteiger partial charge in [0, 0.05) is 24.9 Å². The molecular weight excluding hydrogens is 321 g/mol. The SMILES string of the molecule is CC.CCCC1C(=O)N(CC2CCNCC2C(F)(F)F)C(=O)C1C. The van der Waals surface area contributed by atoms with Gasteiger partial charge in [0.05, 0.1) is 5.92 Å². The highest BCUT2D eigenvalue weighted by molar-refractivity contribution is 6.04. The number of imide groups is 1. The van der Waals surface area contributed by atoms with Crippen molar-refractivity contribution in [3.63, 3.8) is 0 Å². The molecule has 1 N–H and O–H groups in total. The standard InChI is InChI=1S/C15H23F3N2O2.C2H6/c1-3-4-11-9(2)13(21)20(14(11)22)8-10-5-6-19-7-12(10)15(16,17)18;1-2/h9-12,19H,3-8H2,1-2H3;1-2H3. The van der Waals surface area contributed by atoms with Crippen molar-refractivity contribution < 1.29 is 22.8 Å². The van der Waals surface area contributed by atoms with E-state index in [0.29, 0.717) is 19.4 Å². The van der Waals surface area contributed by atoms with Gasteiger partial charge in [0.1, 0.15) is 0 Å². The molecule has 0 aliphatic carbocycles. The van der Waals surface area contributed by atoms with E-state index >= 15 is 0 Å². The molecule has 140 valence electrons. The van der Waals surface area contributed by atoms with E-state index < -0.39 is 23.9 Å². The van der Waals surface area contributed by atoms with E-state index in [1.807, 2.05) is 20.8 Å². The van der Waals surface area contributed by atoms with Crippen LogP contribution in [0.5, 0.6) is 0 Å². The van der Waals surface area contributed by atoms with Crippen molar-refractivity contribution in [2.75, 3.05) is 19.6 Å². The van der Waals surface area contributed by atoms with Crippen LogP contribution in [0.2, 0.25) is 0 Å². The van der Waals surface area contributed by atoms with Crippen LogP contribution in [-0.2, 0) is 9.59 Å². The molecule has 0 spiro atoms. The van der Waals surface area contributed by atoms with Gasteiger partial charge in [-0.25, -0.2) is 0 Å². The van der Waals surface area contributed by atoms with Gasteiger partial charge >= 0.3 is 6.18 Å². The lowest BCUT2D eigenvalue weighted by Gasteiger charge is -2.35. The number of likely N-dealkylation sites (tertiary alicyclic amines) is 1. The van der Waals surface area contributed by atoms with E-state index in [9.17, 15) is 22.8 Å². The summed E-state index contributed by atoms with van der Waals surface area (Å²) >= 11 is 0. The van der Waals surface area contributed by atoms with E-state index in [1.165, 1.54) is 0 Å². The van der Waals surface area contributed by atoms with Crippen molar-refractivity contribution in [2.45, 2.75) is 53.1 Å². The van der Waals surface area contributed by atoms with Crippen molar-refractivity contribution in [2.24, 2.45) is 23.7 Å². The molecule has 24 heavy (non-hydrogen) atoms. The smallest absolute Gasteiger partial charge is 0.316 e. The molecule has 2 fully saturated rings. The zero-order valence-electron chi connectivity index (χ0n) is 14.9. The molecule has 7 heteroatoms. The van der Waals surface area contributed by atoms with Gasteiger partial charge in [-0.2, -0.15) is 13.2 Å². The Hall–Kier alpha value is -1.11. The van der Waals surface area contributed by atoms with Gasteiger partial charge in [0.2, 0.25) is 11.8 Å². The second kappa shape index (κ2) is 8.83. The summed E-state index contributed by atoms with van der Waals surface area (Å²) in [7, 11) is 0. The number of halogens is 3. The van der Waals surface area contributed by atoms with E-state index in [4.69, 9.17) is 0 Å². The molecule has 0 bridgehead atoms. The number of nitrogens with zero attached hydrogens (tertiary/aromatic N) is 1. The number of amides is 2. The summed E-state index contributed by atoms with van der Waals surface area (Å²) in [5.74, 6) is -3.60. The minimum Gasteiger partial charge on any atom is -0.316 e. The van der Waals surface area contributed by atoms with Crippen molar-refractivity contribution >= 4 is 11.8 Å². The Kier molecular flexibility index (Phi) is 7.70. The summed E-state index contributed by atoms with van der Waals surface area (Å²) in [6.45, 7) is 7.87. The molecule has 0 aromatic heterocycles. The number of carbonyl (C=O) groups excluding carboxylic acids is 2. The number of rotatable bonds is 4. The van der Waals surface area contributed by atoms with Crippen LogP contribution in [0.25, 0.3) is 0 Å². The second-order valence-electron chi connectivity index (χ2n) is 6.37. The molecular formula is C17H29F3N2O2. The highest BCUT2D eigenvalue weighted by Crippen LogP contribution is 2.37. The normalized spacial score (nSPS) is 31.0. The summed E-state index contributed by atoms with van der Waals surface area (Å²) < 4.78 is 39.3. The van der Waals surface area contributed by atoms with Crippen molar-refractivity contribution in [1.29, 1.82) is 0 Å². The van der Waals surface area contributed by atoms with Crippen molar-refractivity contribution in [1.82, 2.24) is 10.2 Å². The fourth-order valence-corrected chi connectivity index (χ4v) is 3.55. The maximum absolute atomic E-state index is 13.1. The Morgan fingerprint density at radius 3 is 2.38 bits per heavy atom. The minimum absolute atomic E-state index is 0.103. The third-order valence-electron chi connectivity index (χ3n) is 4.90. The number of hydrogen-bond acceptors (Lipinski definition) is 3. The lowest BCUT2D eigenvalue weighted by atomic mass is 9.85. The number of alkyl halides is 3. The third kappa shape index (κ3) is 4.49. The molecule has 2 heterocycles. The first kappa shape index (κ1) is 20.9. The quantitative estimate of drug-likeness (QED) is 0.792. The lowest BCUT2D eigenvalue weighted by Crippen LogP contribution is -2.49. The molecule has 0 aromatic carbocycles. The Morgan fingerprint density at radius 1 is 1.21 bits per heavy atom. The Balaban J connectivity index is 0.00000139. The van der Waals surface area contributed by atoms with Crippen LogP contribution in [0, 0.1) is 23.7 Å². The molecule has 2 rings (SSSR count). The van der Waals surface area contributed by atoms with Crippen LogP contribution in [0.1, 0.15) is 47.0 Å². The zero-order valence-corrected chi connectivity index (χ0v) is 14.9. The molecule has 4 nitrogen and oxygen atoms in total. The summed E-state index contributed by atoms with van der Waals surface area (Å²) in [5.41, 5.74) is 0. The van der Waals surface area contributed by atoms with Gasteiger partial charge in [-0.05, 0) is 25.3 Å². The fraction of sp³-hybridized carbons (Fsp3) is 0.882.